The van der Waals surface area contributed by atoms with E-state index in [-0.39, 0.29) is 0 Å². The van der Waals surface area contributed by atoms with Gasteiger partial charge in [-0.3, -0.25) is 10.1 Å². The number of nitrogens with zero attached hydrogens (tertiary/aromatic N) is 3. The maximum atomic E-state index is 4.22. The van der Waals surface area contributed by atoms with Gasteiger partial charge in [-0.2, -0.15) is 17.7 Å². The number of aromatic nitrogens is 4. The summed E-state index contributed by atoms with van der Waals surface area (Å²) in [6.07, 6.45) is 3.45. The van der Waals surface area contributed by atoms with E-state index in [0.717, 1.165) is 11.4 Å². The van der Waals surface area contributed by atoms with Gasteiger partial charge in [0, 0.05) is 18.0 Å². The lowest BCUT2D eigenvalue weighted by Crippen LogP contribution is -1.81. The average Bonchev–Trinajstić information content (AvgIpc) is 2.67. The van der Waals surface area contributed by atoms with Crippen molar-refractivity contribution in [2.45, 2.75) is 5.75 Å². The first-order valence-corrected chi connectivity index (χ1v) is 4.46. The lowest BCUT2D eigenvalue weighted by molar-refractivity contribution is 1.03. The van der Waals surface area contributed by atoms with E-state index in [1.165, 1.54) is 0 Å². The van der Waals surface area contributed by atoms with E-state index in [2.05, 4.69) is 32.8 Å². The van der Waals surface area contributed by atoms with Crippen molar-refractivity contribution in [3.8, 4) is 11.4 Å². The first-order chi connectivity index (χ1) is 6.40. The molecule has 0 bridgehead atoms. The summed E-state index contributed by atoms with van der Waals surface area (Å²) >= 11 is 4.09. The first kappa shape index (κ1) is 8.25. The van der Waals surface area contributed by atoms with E-state index in [9.17, 15) is 0 Å². The highest BCUT2D eigenvalue weighted by atomic mass is 32.1. The largest absolute Gasteiger partial charge is 0.264 e. The molecule has 0 aliphatic rings. The van der Waals surface area contributed by atoms with Crippen LogP contribution in [0.2, 0.25) is 0 Å². The minimum Gasteiger partial charge on any atom is -0.264 e. The van der Waals surface area contributed by atoms with Crippen molar-refractivity contribution in [2.75, 3.05) is 0 Å². The molecule has 0 saturated heterocycles. The number of aromatic amines is 1. The molecule has 0 amide bonds. The molecule has 0 aliphatic carbocycles. The van der Waals surface area contributed by atoms with Gasteiger partial charge < -0.3 is 0 Å². The molecule has 4 nitrogen and oxygen atoms in total. The van der Waals surface area contributed by atoms with Gasteiger partial charge in [-0.15, -0.1) is 0 Å². The highest BCUT2D eigenvalue weighted by molar-refractivity contribution is 7.79. The Morgan fingerprint density at radius 1 is 1.46 bits per heavy atom. The molecule has 2 heterocycles. The monoisotopic (exact) mass is 192 g/mol. The minimum absolute atomic E-state index is 0.563. The van der Waals surface area contributed by atoms with Gasteiger partial charge in [-0.1, -0.05) is 0 Å². The van der Waals surface area contributed by atoms with Crippen molar-refractivity contribution in [3.05, 3.63) is 30.4 Å². The van der Waals surface area contributed by atoms with Crippen molar-refractivity contribution < 1.29 is 0 Å². The van der Waals surface area contributed by atoms with E-state index in [1.54, 1.807) is 12.4 Å². The number of H-pyrrole nitrogens is 1. The molecule has 5 heteroatoms. The van der Waals surface area contributed by atoms with Crippen LogP contribution in [0, 0.1) is 0 Å². The molecule has 1 N–H and O–H groups in total. The Balaban J connectivity index is 2.36. The first-order valence-electron chi connectivity index (χ1n) is 3.82. The Bertz CT molecular complexity index is 384. The van der Waals surface area contributed by atoms with Crippen LogP contribution in [-0.2, 0) is 5.75 Å². The van der Waals surface area contributed by atoms with Crippen LogP contribution in [0.4, 0.5) is 0 Å². The number of nitrogens with one attached hydrogen (secondary N) is 1. The lowest BCUT2D eigenvalue weighted by Gasteiger charge is -1.90. The molecular weight excluding hydrogens is 184 g/mol. The minimum atomic E-state index is 0.563. The Morgan fingerprint density at radius 2 is 2.38 bits per heavy atom. The van der Waals surface area contributed by atoms with Gasteiger partial charge in [0.15, 0.2) is 5.82 Å². The zero-order valence-corrected chi connectivity index (χ0v) is 7.70. The second kappa shape index (κ2) is 3.57. The molecule has 0 spiro atoms. The third-order valence-corrected chi connectivity index (χ3v) is 1.90. The fourth-order valence-corrected chi connectivity index (χ4v) is 1.13. The highest BCUT2D eigenvalue weighted by Crippen LogP contribution is 2.12. The number of pyridine rings is 1. The number of hydrogen-bond acceptors (Lipinski definition) is 4. The summed E-state index contributed by atoms with van der Waals surface area (Å²) in [6, 6.07) is 3.77. The van der Waals surface area contributed by atoms with Gasteiger partial charge in [0.25, 0.3) is 0 Å². The second-order valence-electron chi connectivity index (χ2n) is 2.51. The van der Waals surface area contributed by atoms with Crippen molar-refractivity contribution in [2.24, 2.45) is 0 Å². The van der Waals surface area contributed by atoms with Crippen LogP contribution in [0.5, 0.6) is 0 Å². The summed E-state index contributed by atoms with van der Waals surface area (Å²) < 4.78 is 0. The van der Waals surface area contributed by atoms with E-state index >= 15 is 0 Å². The Hall–Kier alpha value is -1.36. The van der Waals surface area contributed by atoms with Gasteiger partial charge in [0.2, 0.25) is 0 Å². The highest BCUT2D eigenvalue weighted by Gasteiger charge is 2.03. The number of hydrogen-bond donors (Lipinski definition) is 2. The predicted octanol–water partition coefficient (Wildman–Crippen LogP) is 1.30. The lowest BCUT2D eigenvalue weighted by atomic mass is 10.3. The molecule has 2 aromatic rings. The fourth-order valence-electron chi connectivity index (χ4n) is 0.990. The summed E-state index contributed by atoms with van der Waals surface area (Å²) in [5, 5.41) is 6.82. The van der Waals surface area contributed by atoms with Gasteiger partial charge in [-0.25, -0.2) is 4.98 Å². The molecule has 0 aliphatic heterocycles. The molecule has 13 heavy (non-hydrogen) atoms. The van der Waals surface area contributed by atoms with Crippen LogP contribution in [0.15, 0.2) is 24.5 Å². The van der Waals surface area contributed by atoms with Crippen LogP contribution < -0.4 is 0 Å². The maximum absolute atomic E-state index is 4.22. The van der Waals surface area contributed by atoms with E-state index in [0.29, 0.717) is 11.6 Å². The molecule has 2 rings (SSSR count). The van der Waals surface area contributed by atoms with Crippen molar-refractivity contribution >= 4 is 12.6 Å². The molecule has 2 aromatic heterocycles. The van der Waals surface area contributed by atoms with E-state index < -0.39 is 0 Å². The maximum Gasteiger partial charge on any atom is 0.182 e. The van der Waals surface area contributed by atoms with Crippen LogP contribution in [-0.4, -0.2) is 20.2 Å². The summed E-state index contributed by atoms with van der Waals surface area (Å²) in [6.45, 7) is 0. The number of thiol groups is 1. The molecule has 0 saturated carbocycles. The summed E-state index contributed by atoms with van der Waals surface area (Å²) in [4.78, 5) is 8.20. The van der Waals surface area contributed by atoms with Crippen molar-refractivity contribution in [1.82, 2.24) is 20.2 Å². The van der Waals surface area contributed by atoms with Crippen molar-refractivity contribution in [1.29, 1.82) is 0 Å². The molecule has 0 aromatic carbocycles. The van der Waals surface area contributed by atoms with Gasteiger partial charge in [0.1, 0.15) is 5.82 Å². The summed E-state index contributed by atoms with van der Waals surface area (Å²) in [7, 11) is 0. The van der Waals surface area contributed by atoms with Crippen LogP contribution in [0.1, 0.15) is 5.82 Å². The summed E-state index contributed by atoms with van der Waals surface area (Å²) in [5.41, 5.74) is 0.909. The van der Waals surface area contributed by atoms with Crippen LogP contribution in [0.25, 0.3) is 11.4 Å². The van der Waals surface area contributed by atoms with Gasteiger partial charge >= 0.3 is 0 Å². The topological polar surface area (TPSA) is 54.5 Å². The van der Waals surface area contributed by atoms with Gasteiger partial charge in [-0.05, 0) is 12.1 Å². The fraction of sp³-hybridized carbons (Fsp3) is 0.125. The van der Waals surface area contributed by atoms with Gasteiger partial charge in [0.05, 0.1) is 5.75 Å². The molecule has 0 fully saturated rings. The molecule has 0 atom stereocenters. The molecule has 66 valence electrons. The summed E-state index contributed by atoms with van der Waals surface area (Å²) in [5.74, 6) is 1.99. The number of rotatable bonds is 2. The standard InChI is InChI=1S/C8H8N4S/c13-5-7-10-8(12-11-7)6-2-1-3-9-4-6/h1-4,13H,5H2,(H,10,11,12). The zero-order valence-electron chi connectivity index (χ0n) is 6.81. The predicted molar refractivity (Wildman–Crippen MR) is 52.3 cm³/mol. The smallest absolute Gasteiger partial charge is 0.182 e. The zero-order chi connectivity index (χ0) is 9.10. The van der Waals surface area contributed by atoms with Crippen LogP contribution in [0.3, 0.4) is 0 Å². The Labute approximate surface area is 80.8 Å². The molecule has 0 unspecified atom stereocenters. The normalized spacial score (nSPS) is 10.2. The molecule has 0 radical (unpaired) electrons. The van der Waals surface area contributed by atoms with E-state index in [4.69, 9.17) is 0 Å². The van der Waals surface area contributed by atoms with Crippen LogP contribution >= 0.6 is 12.6 Å². The van der Waals surface area contributed by atoms with E-state index in [1.807, 2.05) is 12.1 Å². The quantitative estimate of drug-likeness (QED) is 0.705. The Morgan fingerprint density at radius 3 is 3.00 bits per heavy atom. The Kier molecular flexibility index (Phi) is 2.27. The SMILES string of the molecule is SCc1nc(-c2cccnc2)n[nH]1. The molecular formula is C8H8N4S. The third-order valence-electron chi connectivity index (χ3n) is 1.60. The average molecular weight is 192 g/mol. The second-order valence-corrected chi connectivity index (χ2v) is 2.82. The third kappa shape index (κ3) is 1.70. The van der Waals surface area contributed by atoms with Crippen molar-refractivity contribution in [3.63, 3.8) is 0 Å².